The maximum atomic E-state index is 10.3. The lowest BCUT2D eigenvalue weighted by Crippen LogP contribution is -2.32. The molecule has 0 radical (unpaired) electrons. The smallest absolute Gasteiger partial charge is 0.146 e. The van der Waals surface area contributed by atoms with Crippen molar-refractivity contribution in [2.45, 2.75) is 38.6 Å². The molecule has 160 valence electrons. The zero-order chi connectivity index (χ0) is 21.3. The summed E-state index contributed by atoms with van der Waals surface area (Å²) in [4.78, 5) is 0. The second kappa shape index (κ2) is 11.2. The molecule has 6 heteroatoms. The van der Waals surface area contributed by atoms with Crippen LogP contribution in [0, 0.1) is 0 Å². The van der Waals surface area contributed by atoms with E-state index >= 15 is 0 Å². The number of hydrogen-bond acceptors (Lipinski definition) is 5. The molecule has 3 N–H and O–H groups in total. The summed E-state index contributed by atoms with van der Waals surface area (Å²) in [6.07, 6.45) is 0.269. The number of ether oxygens (including phenoxy) is 1. The van der Waals surface area contributed by atoms with Crippen molar-refractivity contribution < 1.29 is 14.3 Å². The Morgan fingerprint density at radius 1 is 1.07 bits per heavy atom. The summed E-state index contributed by atoms with van der Waals surface area (Å²) in [5.41, 5.74) is 2.02. The van der Waals surface area contributed by atoms with E-state index in [0.29, 0.717) is 24.7 Å². The third-order valence-corrected chi connectivity index (χ3v) is 5.04. The first kappa shape index (κ1) is 22.4. The number of halogens is 1. The highest BCUT2D eigenvalue weighted by Gasteiger charge is 2.11. The average Bonchev–Trinajstić information content (AvgIpc) is 3.19. The largest absolute Gasteiger partial charge is 0.486 e. The first-order valence-corrected chi connectivity index (χ1v) is 10.5. The second-order valence-electron chi connectivity index (χ2n) is 7.42. The predicted molar refractivity (Wildman–Crippen MR) is 120 cm³/mol. The summed E-state index contributed by atoms with van der Waals surface area (Å²) in [6.45, 7) is 3.69. The summed E-state index contributed by atoms with van der Waals surface area (Å²) in [5.74, 6) is 2.51. The monoisotopic (exact) mass is 428 g/mol. The normalized spacial score (nSPS) is 13.2. The lowest BCUT2D eigenvalue weighted by molar-refractivity contribution is 0.170. The van der Waals surface area contributed by atoms with Crippen LogP contribution in [0.15, 0.2) is 65.1 Å². The molecule has 0 fully saturated rings. The Balaban J connectivity index is 1.42. The molecular weight excluding hydrogens is 400 g/mol. The highest BCUT2D eigenvalue weighted by atomic mass is 35.5. The van der Waals surface area contributed by atoms with Gasteiger partial charge in [-0.2, -0.15) is 0 Å². The van der Waals surface area contributed by atoms with Gasteiger partial charge in [-0.1, -0.05) is 35.9 Å². The molecule has 3 rings (SSSR count). The van der Waals surface area contributed by atoms with Gasteiger partial charge in [0, 0.05) is 17.6 Å². The van der Waals surface area contributed by atoms with Crippen LogP contribution in [0.5, 0.6) is 5.75 Å². The molecule has 0 aliphatic rings. The number of aliphatic hydroxyl groups excluding tert-OH is 1. The zero-order valence-corrected chi connectivity index (χ0v) is 18.2. The first-order chi connectivity index (χ1) is 14.5. The first-order valence-electron chi connectivity index (χ1n) is 10.1. The van der Waals surface area contributed by atoms with Crippen molar-refractivity contribution in [1.82, 2.24) is 10.6 Å². The van der Waals surface area contributed by atoms with Gasteiger partial charge in [0.1, 0.15) is 23.9 Å². The van der Waals surface area contributed by atoms with Gasteiger partial charge in [-0.15, -0.1) is 0 Å². The molecular formula is C24H29ClN2O3. The van der Waals surface area contributed by atoms with Crippen molar-refractivity contribution in [3.8, 4) is 5.75 Å². The fourth-order valence-electron chi connectivity index (χ4n) is 3.22. The molecule has 0 saturated heterocycles. The molecule has 0 aliphatic carbocycles. The van der Waals surface area contributed by atoms with Gasteiger partial charge in [0.2, 0.25) is 0 Å². The van der Waals surface area contributed by atoms with Gasteiger partial charge in [-0.25, -0.2) is 0 Å². The molecule has 0 aliphatic heterocycles. The van der Waals surface area contributed by atoms with Crippen molar-refractivity contribution in [2.75, 3.05) is 13.6 Å². The van der Waals surface area contributed by atoms with Gasteiger partial charge in [-0.3, -0.25) is 0 Å². The maximum absolute atomic E-state index is 10.3. The standard InChI is InChI=1S/C24H29ClN2O3/c1-17(27-15-24(28)19-4-3-5-20(25)13-19)12-18-6-8-21(9-7-18)29-16-23-11-10-22(30-23)14-26-2/h3-11,13,17,24,26-28H,12,14-16H2,1-2H3. The topological polar surface area (TPSA) is 66.7 Å². The average molecular weight is 429 g/mol. The van der Waals surface area contributed by atoms with Crippen molar-refractivity contribution in [3.05, 3.63) is 88.3 Å². The summed E-state index contributed by atoms with van der Waals surface area (Å²) in [5, 5.41) is 17.4. The maximum Gasteiger partial charge on any atom is 0.146 e. The van der Waals surface area contributed by atoms with E-state index in [1.165, 1.54) is 5.56 Å². The number of aliphatic hydroxyl groups is 1. The lowest BCUT2D eigenvalue weighted by Gasteiger charge is -2.18. The number of furan rings is 1. The highest BCUT2D eigenvalue weighted by molar-refractivity contribution is 6.30. The van der Waals surface area contributed by atoms with Gasteiger partial charge in [0.05, 0.1) is 12.6 Å². The summed E-state index contributed by atoms with van der Waals surface area (Å²) < 4.78 is 11.5. The number of nitrogens with one attached hydrogen (secondary N) is 2. The third kappa shape index (κ3) is 6.89. The van der Waals surface area contributed by atoms with Crippen LogP contribution in [-0.4, -0.2) is 24.7 Å². The molecule has 2 unspecified atom stereocenters. The van der Waals surface area contributed by atoms with E-state index in [4.69, 9.17) is 20.8 Å². The molecule has 1 aromatic heterocycles. The SMILES string of the molecule is CNCc1ccc(COc2ccc(CC(C)NCC(O)c3cccc(Cl)c3)cc2)o1. The molecule has 2 aromatic carbocycles. The van der Waals surface area contributed by atoms with E-state index in [0.717, 1.165) is 29.3 Å². The van der Waals surface area contributed by atoms with E-state index in [1.54, 1.807) is 12.1 Å². The van der Waals surface area contributed by atoms with E-state index < -0.39 is 6.10 Å². The van der Waals surface area contributed by atoms with Gasteiger partial charge < -0.3 is 24.9 Å². The molecule has 0 amide bonds. The Bertz CT molecular complexity index is 911. The van der Waals surface area contributed by atoms with Gasteiger partial charge in [0.25, 0.3) is 0 Å². The van der Waals surface area contributed by atoms with Gasteiger partial charge >= 0.3 is 0 Å². The van der Waals surface area contributed by atoms with E-state index in [2.05, 4.69) is 29.7 Å². The van der Waals surface area contributed by atoms with Crippen LogP contribution >= 0.6 is 11.6 Å². The molecule has 30 heavy (non-hydrogen) atoms. The molecule has 1 heterocycles. The minimum absolute atomic E-state index is 0.222. The third-order valence-electron chi connectivity index (χ3n) is 4.81. The van der Waals surface area contributed by atoms with E-state index in [9.17, 15) is 5.11 Å². The molecule has 0 spiro atoms. The van der Waals surface area contributed by atoms with E-state index in [1.807, 2.05) is 43.4 Å². The summed E-state index contributed by atoms with van der Waals surface area (Å²) >= 11 is 5.99. The molecule has 0 bridgehead atoms. The van der Waals surface area contributed by atoms with Crippen LogP contribution in [0.1, 0.15) is 35.7 Å². The Morgan fingerprint density at radius 2 is 1.83 bits per heavy atom. The van der Waals surface area contributed by atoms with Gasteiger partial charge in [0.15, 0.2) is 0 Å². The number of hydrogen-bond donors (Lipinski definition) is 3. The predicted octanol–water partition coefficient (Wildman–Crippen LogP) is 4.49. The van der Waals surface area contributed by atoms with Crippen LogP contribution < -0.4 is 15.4 Å². The molecule has 2 atom stereocenters. The molecule has 3 aromatic rings. The quantitative estimate of drug-likeness (QED) is 0.420. The zero-order valence-electron chi connectivity index (χ0n) is 17.4. The van der Waals surface area contributed by atoms with Crippen LogP contribution in [0.25, 0.3) is 0 Å². The van der Waals surface area contributed by atoms with Crippen LogP contribution in [0.4, 0.5) is 0 Å². The van der Waals surface area contributed by atoms with Crippen molar-refractivity contribution in [3.63, 3.8) is 0 Å². The molecule has 0 saturated carbocycles. The summed E-state index contributed by atoms with van der Waals surface area (Å²) in [6, 6.07) is 19.5. The van der Waals surface area contributed by atoms with Gasteiger partial charge in [-0.05, 0) is 67.9 Å². The Labute approximate surface area is 183 Å². The number of benzene rings is 2. The Hall–Kier alpha value is -2.31. The fraction of sp³-hybridized carbons (Fsp3) is 0.333. The number of rotatable bonds is 11. The minimum atomic E-state index is -0.586. The van der Waals surface area contributed by atoms with Crippen LogP contribution in [-0.2, 0) is 19.6 Å². The molecule has 5 nitrogen and oxygen atoms in total. The van der Waals surface area contributed by atoms with Crippen molar-refractivity contribution in [2.24, 2.45) is 0 Å². The Morgan fingerprint density at radius 3 is 2.57 bits per heavy atom. The lowest BCUT2D eigenvalue weighted by atomic mass is 10.1. The summed E-state index contributed by atoms with van der Waals surface area (Å²) in [7, 11) is 1.89. The van der Waals surface area contributed by atoms with Crippen molar-refractivity contribution in [1.29, 1.82) is 0 Å². The van der Waals surface area contributed by atoms with E-state index in [-0.39, 0.29) is 6.04 Å². The van der Waals surface area contributed by atoms with Crippen LogP contribution in [0.2, 0.25) is 5.02 Å². The van der Waals surface area contributed by atoms with Crippen molar-refractivity contribution >= 4 is 11.6 Å². The minimum Gasteiger partial charge on any atom is -0.486 e. The highest BCUT2D eigenvalue weighted by Crippen LogP contribution is 2.18. The fourth-order valence-corrected chi connectivity index (χ4v) is 3.41. The van der Waals surface area contributed by atoms with Crippen LogP contribution in [0.3, 0.4) is 0 Å². The second-order valence-corrected chi connectivity index (χ2v) is 7.85. The Kier molecular flexibility index (Phi) is 8.34.